The molecule has 1 aromatic heterocycles. The fraction of sp³-hybridized carbons (Fsp3) is 0.750. The predicted octanol–water partition coefficient (Wildman–Crippen LogP) is 2.71. The Bertz CT molecular complexity index is 484. The van der Waals surface area contributed by atoms with E-state index in [1.807, 2.05) is 37.4 Å². The Morgan fingerprint density at radius 2 is 2.30 bits per heavy atom. The summed E-state index contributed by atoms with van der Waals surface area (Å²) in [4.78, 5) is 11.0. The SMILES string of the molecule is CC(C)c1nn(C)c(NCC2CSCCS2)c1[N+](=O)[O-]. The van der Waals surface area contributed by atoms with Gasteiger partial charge in [0.15, 0.2) is 0 Å². The lowest BCUT2D eigenvalue weighted by Crippen LogP contribution is -2.24. The lowest BCUT2D eigenvalue weighted by Gasteiger charge is -2.21. The van der Waals surface area contributed by atoms with Crippen LogP contribution in [0.1, 0.15) is 25.5 Å². The van der Waals surface area contributed by atoms with Crippen molar-refractivity contribution in [3.05, 3.63) is 15.8 Å². The zero-order valence-corrected chi connectivity index (χ0v) is 13.6. The van der Waals surface area contributed by atoms with E-state index in [-0.39, 0.29) is 16.5 Å². The maximum absolute atomic E-state index is 11.3. The van der Waals surface area contributed by atoms with Gasteiger partial charge >= 0.3 is 5.69 Å². The Labute approximate surface area is 127 Å². The van der Waals surface area contributed by atoms with Gasteiger partial charge in [-0.05, 0) is 0 Å². The number of nitrogens with zero attached hydrogens (tertiary/aromatic N) is 3. The molecule has 2 rings (SSSR count). The standard InChI is InChI=1S/C12H20N4O2S2/c1-8(2)10-11(16(17)18)12(15(3)14-10)13-6-9-7-19-4-5-20-9/h8-9,13H,4-7H2,1-3H3. The Kier molecular flexibility index (Phi) is 5.20. The van der Waals surface area contributed by atoms with Crippen molar-refractivity contribution < 1.29 is 4.92 Å². The first kappa shape index (κ1) is 15.5. The smallest absolute Gasteiger partial charge is 0.334 e. The number of rotatable bonds is 5. The number of aromatic nitrogens is 2. The van der Waals surface area contributed by atoms with Crippen molar-refractivity contribution in [2.75, 3.05) is 29.1 Å². The van der Waals surface area contributed by atoms with Crippen molar-refractivity contribution >= 4 is 35.0 Å². The molecular formula is C12H20N4O2S2. The average Bonchev–Trinajstić information content (AvgIpc) is 2.75. The number of aryl methyl sites for hydroxylation is 1. The molecule has 8 heteroatoms. The molecule has 1 fully saturated rings. The number of thioether (sulfide) groups is 2. The summed E-state index contributed by atoms with van der Waals surface area (Å²) < 4.78 is 1.59. The first-order chi connectivity index (χ1) is 9.50. The quantitative estimate of drug-likeness (QED) is 0.665. The van der Waals surface area contributed by atoms with Gasteiger partial charge in [0, 0.05) is 42.0 Å². The molecule has 6 nitrogen and oxygen atoms in total. The third-order valence-electron chi connectivity index (χ3n) is 3.16. The molecule has 0 radical (unpaired) electrons. The highest BCUT2D eigenvalue weighted by Crippen LogP contribution is 2.33. The Hall–Kier alpha value is -0.890. The van der Waals surface area contributed by atoms with E-state index >= 15 is 0 Å². The lowest BCUT2D eigenvalue weighted by atomic mass is 10.1. The molecule has 0 saturated carbocycles. The Morgan fingerprint density at radius 1 is 1.55 bits per heavy atom. The van der Waals surface area contributed by atoms with E-state index in [1.54, 1.807) is 11.7 Å². The lowest BCUT2D eigenvalue weighted by molar-refractivity contribution is -0.384. The van der Waals surface area contributed by atoms with Crippen LogP contribution in [0.25, 0.3) is 0 Å². The van der Waals surface area contributed by atoms with Crippen molar-refractivity contribution in [3.63, 3.8) is 0 Å². The monoisotopic (exact) mass is 316 g/mol. The van der Waals surface area contributed by atoms with Gasteiger partial charge in [0.25, 0.3) is 0 Å². The fourth-order valence-electron chi connectivity index (χ4n) is 2.17. The Morgan fingerprint density at radius 3 is 2.85 bits per heavy atom. The summed E-state index contributed by atoms with van der Waals surface area (Å²) in [5, 5.41) is 19.3. The van der Waals surface area contributed by atoms with Gasteiger partial charge < -0.3 is 5.32 Å². The molecule has 0 amide bonds. The normalized spacial score (nSPS) is 19.3. The molecule has 1 aliphatic rings. The highest BCUT2D eigenvalue weighted by Gasteiger charge is 2.28. The molecule has 2 heterocycles. The second-order valence-corrected chi connectivity index (χ2v) is 7.62. The maximum Gasteiger partial charge on any atom is 0.334 e. The second kappa shape index (κ2) is 6.71. The zero-order valence-electron chi connectivity index (χ0n) is 12.0. The van der Waals surface area contributed by atoms with Crippen LogP contribution < -0.4 is 5.32 Å². The maximum atomic E-state index is 11.3. The van der Waals surface area contributed by atoms with Crippen LogP contribution in [0.5, 0.6) is 0 Å². The van der Waals surface area contributed by atoms with Crippen LogP contribution in [0.15, 0.2) is 0 Å². The molecule has 20 heavy (non-hydrogen) atoms. The third kappa shape index (κ3) is 3.41. The number of nitrogens with one attached hydrogen (secondary N) is 1. The molecule has 1 N–H and O–H groups in total. The molecular weight excluding hydrogens is 296 g/mol. The summed E-state index contributed by atoms with van der Waals surface area (Å²) in [5.74, 6) is 4.01. The first-order valence-electron chi connectivity index (χ1n) is 6.65. The van der Waals surface area contributed by atoms with Gasteiger partial charge in [0.2, 0.25) is 5.82 Å². The van der Waals surface area contributed by atoms with Gasteiger partial charge in [-0.15, -0.1) is 0 Å². The second-order valence-electron chi connectivity index (χ2n) is 5.07. The van der Waals surface area contributed by atoms with Crippen molar-refractivity contribution in [3.8, 4) is 0 Å². The highest BCUT2D eigenvalue weighted by molar-refractivity contribution is 8.06. The summed E-state index contributed by atoms with van der Waals surface area (Å²) in [6.45, 7) is 4.59. The van der Waals surface area contributed by atoms with E-state index in [4.69, 9.17) is 0 Å². The van der Waals surface area contributed by atoms with Gasteiger partial charge in [-0.3, -0.25) is 10.1 Å². The summed E-state index contributed by atoms with van der Waals surface area (Å²) in [6, 6.07) is 0. The van der Waals surface area contributed by atoms with Crippen molar-refractivity contribution in [1.82, 2.24) is 9.78 Å². The van der Waals surface area contributed by atoms with Crippen molar-refractivity contribution in [2.45, 2.75) is 25.0 Å². The van der Waals surface area contributed by atoms with E-state index in [0.29, 0.717) is 16.8 Å². The van der Waals surface area contributed by atoms with Crippen LogP contribution in [-0.2, 0) is 7.05 Å². The molecule has 0 spiro atoms. The predicted molar refractivity (Wildman–Crippen MR) is 86.0 cm³/mol. The summed E-state index contributed by atoms with van der Waals surface area (Å²) in [7, 11) is 1.75. The van der Waals surface area contributed by atoms with Crippen LogP contribution in [0.2, 0.25) is 0 Å². The van der Waals surface area contributed by atoms with Crippen LogP contribution in [-0.4, -0.2) is 43.8 Å². The van der Waals surface area contributed by atoms with E-state index in [0.717, 1.165) is 18.1 Å². The van der Waals surface area contributed by atoms with E-state index < -0.39 is 0 Å². The molecule has 1 saturated heterocycles. The zero-order chi connectivity index (χ0) is 14.7. The van der Waals surface area contributed by atoms with Crippen molar-refractivity contribution in [1.29, 1.82) is 0 Å². The third-order valence-corrected chi connectivity index (χ3v) is 6.00. The van der Waals surface area contributed by atoms with Crippen molar-refractivity contribution in [2.24, 2.45) is 7.05 Å². The average molecular weight is 316 g/mol. The largest absolute Gasteiger partial charge is 0.363 e. The topological polar surface area (TPSA) is 73.0 Å². The van der Waals surface area contributed by atoms with E-state index in [9.17, 15) is 10.1 Å². The summed E-state index contributed by atoms with van der Waals surface area (Å²) in [5.41, 5.74) is 0.668. The van der Waals surface area contributed by atoms with Crippen LogP contribution >= 0.6 is 23.5 Å². The summed E-state index contributed by atoms with van der Waals surface area (Å²) >= 11 is 3.88. The number of anilines is 1. The molecule has 0 bridgehead atoms. The first-order valence-corrected chi connectivity index (χ1v) is 8.85. The van der Waals surface area contributed by atoms with Gasteiger partial charge in [-0.2, -0.15) is 28.6 Å². The van der Waals surface area contributed by atoms with Gasteiger partial charge in [0.05, 0.1) is 4.92 Å². The minimum atomic E-state index is -0.326. The van der Waals surface area contributed by atoms with Gasteiger partial charge in [0.1, 0.15) is 5.69 Å². The highest BCUT2D eigenvalue weighted by atomic mass is 32.2. The van der Waals surface area contributed by atoms with Gasteiger partial charge in [-0.25, -0.2) is 4.68 Å². The molecule has 1 atom stereocenters. The minimum absolute atomic E-state index is 0.0387. The fourth-order valence-corrected chi connectivity index (χ4v) is 4.78. The van der Waals surface area contributed by atoms with Crippen LogP contribution in [0.3, 0.4) is 0 Å². The minimum Gasteiger partial charge on any atom is -0.363 e. The number of nitro groups is 1. The number of hydrogen-bond acceptors (Lipinski definition) is 6. The molecule has 1 aliphatic heterocycles. The van der Waals surface area contributed by atoms with Gasteiger partial charge in [-0.1, -0.05) is 13.8 Å². The molecule has 112 valence electrons. The van der Waals surface area contributed by atoms with Crippen LogP contribution in [0.4, 0.5) is 11.5 Å². The Balaban J connectivity index is 2.15. The summed E-state index contributed by atoms with van der Waals surface area (Å²) in [6.07, 6.45) is 0. The molecule has 0 aromatic carbocycles. The van der Waals surface area contributed by atoms with E-state index in [2.05, 4.69) is 10.4 Å². The van der Waals surface area contributed by atoms with E-state index in [1.165, 1.54) is 5.75 Å². The molecule has 0 aliphatic carbocycles. The van der Waals surface area contributed by atoms with Crippen LogP contribution in [0, 0.1) is 10.1 Å². The molecule has 1 aromatic rings. The number of hydrogen-bond donors (Lipinski definition) is 1. The molecule has 1 unspecified atom stereocenters.